The van der Waals surface area contributed by atoms with Crippen LogP contribution in [0.2, 0.25) is 0 Å². The fourth-order valence-corrected chi connectivity index (χ4v) is 3.30. The molecule has 2 heterocycles. The molecule has 2 amide bonds. The number of carbonyl (C=O) groups is 2. The molecule has 1 N–H and O–H groups in total. The highest BCUT2D eigenvalue weighted by Crippen LogP contribution is 2.40. The Hall–Kier alpha value is -1.62. The third kappa shape index (κ3) is 1.23. The molecular weight excluding hydrogens is 236 g/mol. The summed E-state index contributed by atoms with van der Waals surface area (Å²) in [5.41, 5.74) is 0.556. The van der Waals surface area contributed by atoms with Crippen molar-refractivity contribution >= 4 is 35.2 Å². The lowest BCUT2D eigenvalue weighted by Crippen LogP contribution is -2.44. The predicted octanol–water partition coefficient (Wildman–Crippen LogP) is -0.825. The van der Waals surface area contributed by atoms with E-state index in [4.69, 9.17) is 0 Å². The lowest BCUT2D eigenvalue weighted by molar-refractivity contribution is -0.124. The standard InChI is InChI=1S/C12H10N2O2S/c1-17-12-5-4-8-7(3-2-6-13-8)9(12)10(15)14-11(12)16/h2-4,6H,5H2,1H3,(H,14,15,16). The summed E-state index contributed by atoms with van der Waals surface area (Å²) in [4.78, 5) is 28.1. The zero-order chi connectivity index (χ0) is 12.0. The van der Waals surface area contributed by atoms with Crippen molar-refractivity contribution in [1.82, 2.24) is 10.3 Å². The van der Waals surface area contributed by atoms with E-state index < -0.39 is 4.75 Å². The molecule has 2 aliphatic rings. The van der Waals surface area contributed by atoms with E-state index in [0.29, 0.717) is 12.0 Å². The zero-order valence-corrected chi connectivity index (χ0v) is 10.0. The van der Waals surface area contributed by atoms with Gasteiger partial charge in [0.15, 0.2) is 0 Å². The number of rotatable bonds is 1. The van der Waals surface area contributed by atoms with Crippen LogP contribution in [0.25, 0.3) is 11.6 Å². The molecule has 1 aromatic rings. The number of fused-ring (bicyclic) bond motifs is 2. The molecule has 1 fully saturated rings. The number of imide groups is 1. The van der Waals surface area contributed by atoms with Crippen molar-refractivity contribution in [2.24, 2.45) is 0 Å². The number of nitrogens with one attached hydrogen (secondary N) is 1. The van der Waals surface area contributed by atoms with Gasteiger partial charge in [0.05, 0.1) is 10.9 Å². The van der Waals surface area contributed by atoms with Crippen molar-refractivity contribution in [3.63, 3.8) is 0 Å². The molecule has 0 saturated carbocycles. The van der Waals surface area contributed by atoms with Crippen LogP contribution in [-0.4, -0.2) is 27.8 Å². The first-order valence-corrected chi connectivity index (χ1v) is 6.48. The molecule has 1 aliphatic carbocycles. The molecule has 1 atom stereocenters. The number of carbonyl (C=O) groups excluding carboxylic acids is 2. The third-order valence-electron chi connectivity index (χ3n) is 3.26. The molecule has 86 valence electrons. The van der Waals surface area contributed by atoms with Crippen molar-refractivity contribution in [2.75, 3.05) is 6.26 Å². The van der Waals surface area contributed by atoms with E-state index in [1.165, 1.54) is 11.8 Å². The molecule has 1 aromatic heterocycles. The Morgan fingerprint density at radius 1 is 1.47 bits per heavy atom. The van der Waals surface area contributed by atoms with E-state index in [1.807, 2.05) is 18.4 Å². The minimum atomic E-state index is -0.757. The normalized spacial score (nSPS) is 26.1. The van der Waals surface area contributed by atoms with Crippen LogP contribution in [0.5, 0.6) is 0 Å². The molecule has 0 bridgehead atoms. The topological polar surface area (TPSA) is 59.1 Å². The summed E-state index contributed by atoms with van der Waals surface area (Å²) in [6.07, 6.45) is 5.99. The number of hydrogen-bond donors (Lipinski definition) is 1. The van der Waals surface area contributed by atoms with Crippen LogP contribution < -0.4 is 15.9 Å². The molecule has 1 unspecified atom stereocenters. The molecule has 0 radical (unpaired) electrons. The highest BCUT2D eigenvalue weighted by Gasteiger charge is 2.51. The van der Waals surface area contributed by atoms with Crippen LogP contribution in [0, 0.1) is 0 Å². The first kappa shape index (κ1) is 10.5. The summed E-state index contributed by atoms with van der Waals surface area (Å²) in [6, 6.07) is 3.63. The number of hydrogen-bond acceptors (Lipinski definition) is 4. The minimum absolute atomic E-state index is 0.212. The average Bonchev–Trinajstić information content (AvgIpc) is 2.62. The average molecular weight is 246 g/mol. The Bertz CT molecular complexity index is 653. The van der Waals surface area contributed by atoms with E-state index in [1.54, 1.807) is 12.3 Å². The number of nitrogens with zero attached hydrogens (tertiary/aromatic N) is 1. The third-order valence-corrected chi connectivity index (χ3v) is 4.52. The molecule has 17 heavy (non-hydrogen) atoms. The molecule has 1 aliphatic heterocycles. The Morgan fingerprint density at radius 3 is 3.06 bits per heavy atom. The highest BCUT2D eigenvalue weighted by atomic mass is 32.2. The SMILES string of the molecule is CSC12CC=c3ncccc3=C1C(=O)NC2=O. The predicted molar refractivity (Wildman–Crippen MR) is 65.4 cm³/mol. The fraction of sp³-hybridized carbons (Fsp3) is 0.250. The van der Waals surface area contributed by atoms with Gasteiger partial charge in [-0.1, -0.05) is 12.1 Å². The van der Waals surface area contributed by atoms with Crippen molar-refractivity contribution < 1.29 is 9.59 Å². The van der Waals surface area contributed by atoms with Crippen LogP contribution in [0.1, 0.15) is 6.42 Å². The summed E-state index contributed by atoms with van der Waals surface area (Å²) in [6.45, 7) is 0. The van der Waals surface area contributed by atoms with Gasteiger partial charge in [0, 0.05) is 11.4 Å². The number of thioether (sulfide) groups is 1. The van der Waals surface area contributed by atoms with Crippen LogP contribution in [0.15, 0.2) is 18.3 Å². The fourth-order valence-electron chi connectivity index (χ4n) is 2.41. The van der Waals surface area contributed by atoms with Gasteiger partial charge in [0.25, 0.3) is 5.91 Å². The maximum absolute atomic E-state index is 12.0. The first-order valence-electron chi connectivity index (χ1n) is 5.26. The van der Waals surface area contributed by atoms with Crippen molar-refractivity contribution in [3.8, 4) is 0 Å². The molecule has 3 rings (SSSR count). The number of amides is 2. The lowest BCUT2D eigenvalue weighted by Gasteiger charge is -2.25. The smallest absolute Gasteiger partial charge is 0.256 e. The highest BCUT2D eigenvalue weighted by molar-refractivity contribution is 8.01. The molecular formula is C12H10N2O2S. The molecule has 4 nitrogen and oxygen atoms in total. The second-order valence-corrected chi connectivity index (χ2v) is 5.14. The quantitative estimate of drug-likeness (QED) is 0.657. The Balaban J connectivity index is 2.46. The van der Waals surface area contributed by atoms with E-state index in [0.717, 1.165) is 10.6 Å². The summed E-state index contributed by atoms with van der Waals surface area (Å²) in [7, 11) is 0. The van der Waals surface area contributed by atoms with Gasteiger partial charge < -0.3 is 0 Å². The summed E-state index contributed by atoms with van der Waals surface area (Å²) in [5.74, 6) is -0.498. The van der Waals surface area contributed by atoms with Gasteiger partial charge in [-0.25, -0.2) is 0 Å². The second-order valence-electron chi connectivity index (χ2n) is 4.03. The maximum atomic E-state index is 12.0. The van der Waals surface area contributed by atoms with E-state index >= 15 is 0 Å². The largest absolute Gasteiger partial charge is 0.291 e. The zero-order valence-electron chi connectivity index (χ0n) is 9.19. The van der Waals surface area contributed by atoms with E-state index in [2.05, 4.69) is 10.3 Å². The summed E-state index contributed by atoms with van der Waals surface area (Å²) < 4.78 is -0.757. The van der Waals surface area contributed by atoms with Crippen LogP contribution in [0.4, 0.5) is 0 Å². The van der Waals surface area contributed by atoms with Gasteiger partial charge in [-0.3, -0.25) is 19.9 Å². The van der Waals surface area contributed by atoms with Crippen LogP contribution >= 0.6 is 11.8 Å². The monoisotopic (exact) mass is 246 g/mol. The molecule has 5 heteroatoms. The number of pyridine rings is 1. The Labute approximate surface area is 102 Å². The van der Waals surface area contributed by atoms with Gasteiger partial charge in [0.1, 0.15) is 4.75 Å². The van der Waals surface area contributed by atoms with Crippen LogP contribution in [0.3, 0.4) is 0 Å². The Kier molecular flexibility index (Phi) is 2.13. The van der Waals surface area contributed by atoms with E-state index in [-0.39, 0.29) is 11.8 Å². The molecule has 1 saturated heterocycles. The van der Waals surface area contributed by atoms with Crippen molar-refractivity contribution in [3.05, 3.63) is 28.9 Å². The molecule has 0 aromatic carbocycles. The van der Waals surface area contributed by atoms with Gasteiger partial charge in [-0.15, -0.1) is 11.8 Å². The minimum Gasteiger partial charge on any atom is -0.291 e. The molecule has 0 spiro atoms. The van der Waals surface area contributed by atoms with Gasteiger partial charge >= 0.3 is 0 Å². The van der Waals surface area contributed by atoms with Crippen molar-refractivity contribution in [1.29, 1.82) is 0 Å². The summed E-state index contributed by atoms with van der Waals surface area (Å²) >= 11 is 1.41. The lowest BCUT2D eigenvalue weighted by atomic mass is 9.91. The van der Waals surface area contributed by atoms with Crippen LogP contribution in [-0.2, 0) is 9.59 Å². The maximum Gasteiger partial charge on any atom is 0.256 e. The van der Waals surface area contributed by atoms with Crippen molar-refractivity contribution in [2.45, 2.75) is 11.2 Å². The van der Waals surface area contributed by atoms with Gasteiger partial charge in [-0.2, -0.15) is 0 Å². The van der Waals surface area contributed by atoms with E-state index in [9.17, 15) is 9.59 Å². The van der Waals surface area contributed by atoms with Gasteiger partial charge in [0.2, 0.25) is 5.91 Å². The summed E-state index contributed by atoms with van der Waals surface area (Å²) in [5, 5.41) is 3.97. The second kappa shape index (κ2) is 3.43. The first-order chi connectivity index (χ1) is 8.19. The Morgan fingerprint density at radius 2 is 2.29 bits per heavy atom. The number of aromatic nitrogens is 1. The van der Waals surface area contributed by atoms with Gasteiger partial charge in [-0.05, 0) is 18.7 Å².